The van der Waals surface area contributed by atoms with Crippen LogP contribution in [0.5, 0.6) is 0 Å². The van der Waals surface area contributed by atoms with Gasteiger partial charge in [0.25, 0.3) is 0 Å². The van der Waals surface area contributed by atoms with Gasteiger partial charge in [0.15, 0.2) is 0 Å². The van der Waals surface area contributed by atoms with Gasteiger partial charge in [0, 0.05) is 0 Å². The summed E-state index contributed by atoms with van der Waals surface area (Å²) in [6, 6.07) is 7.27. The summed E-state index contributed by atoms with van der Waals surface area (Å²) >= 11 is 0. The zero-order chi connectivity index (χ0) is 14.3. The van der Waals surface area contributed by atoms with Crippen molar-refractivity contribution in [2.75, 3.05) is 0 Å². The molecule has 20 heavy (non-hydrogen) atoms. The van der Waals surface area contributed by atoms with Crippen LogP contribution < -0.4 is 0 Å². The van der Waals surface area contributed by atoms with Crippen molar-refractivity contribution in [1.29, 1.82) is 0 Å². The minimum Gasteiger partial charge on any atom is -0.475 e. The van der Waals surface area contributed by atoms with Crippen LogP contribution in [-0.2, 0) is 6.54 Å². The second kappa shape index (κ2) is 4.52. The molecule has 0 atom stereocenters. The summed E-state index contributed by atoms with van der Waals surface area (Å²) in [6.07, 6.45) is 1.74. The molecule has 0 amide bonds. The molecule has 3 aromatic rings. The highest BCUT2D eigenvalue weighted by Gasteiger charge is 2.11. The maximum absolute atomic E-state index is 10.8. The summed E-state index contributed by atoms with van der Waals surface area (Å²) in [5.74, 6) is -0.505. The molecule has 1 aromatic carbocycles. The third-order valence-electron chi connectivity index (χ3n) is 3.44. The Morgan fingerprint density at radius 3 is 2.75 bits per heavy atom. The summed E-state index contributed by atoms with van der Waals surface area (Å²) in [6.45, 7) is 4.58. The van der Waals surface area contributed by atoms with Gasteiger partial charge in [0.2, 0.25) is 5.76 Å². The monoisotopic (exact) mass is 270 g/mol. The molecule has 0 aliphatic carbocycles. The van der Waals surface area contributed by atoms with Gasteiger partial charge >= 0.3 is 5.97 Å². The summed E-state index contributed by atoms with van der Waals surface area (Å²) in [4.78, 5) is 15.2. The lowest BCUT2D eigenvalue weighted by Crippen LogP contribution is -1.97. The van der Waals surface area contributed by atoms with E-state index in [2.05, 4.69) is 24.9 Å². The Kier molecular flexibility index (Phi) is 2.82. The average molecular weight is 270 g/mol. The van der Waals surface area contributed by atoms with Crippen molar-refractivity contribution in [1.82, 2.24) is 9.55 Å². The van der Waals surface area contributed by atoms with E-state index in [1.54, 1.807) is 12.4 Å². The zero-order valence-electron chi connectivity index (χ0n) is 11.3. The molecule has 3 rings (SSSR count). The fraction of sp³-hybridized carbons (Fsp3) is 0.200. The number of nitrogens with zero attached hydrogens (tertiary/aromatic N) is 2. The van der Waals surface area contributed by atoms with E-state index < -0.39 is 5.97 Å². The van der Waals surface area contributed by atoms with Gasteiger partial charge in [-0.3, -0.25) is 0 Å². The van der Waals surface area contributed by atoms with Crippen molar-refractivity contribution in [3.63, 3.8) is 0 Å². The molecular weight excluding hydrogens is 256 g/mol. The number of imidazole rings is 1. The number of fused-ring (bicyclic) bond motifs is 1. The maximum Gasteiger partial charge on any atom is 0.371 e. The lowest BCUT2D eigenvalue weighted by Gasteiger charge is -2.04. The highest BCUT2D eigenvalue weighted by Crippen LogP contribution is 2.20. The van der Waals surface area contributed by atoms with E-state index >= 15 is 0 Å². The van der Waals surface area contributed by atoms with Gasteiger partial charge in [-0.2, -0.15) is 0 Å². The molecule has 0 aliphatic heterocycles. The van der Waals surface area contributed by atoms with Crippen LogP contribution in [0.1, 0.15) is 27.4 Å². The number of carboxylic acids is 1. The number of aromatic nitrogens is 2. The molecule has 2 aromatic heterocycles. The molecule has 5 nitrogen and oxygen atoms in total. The number of aryl methyl sites for hydroxylation is 2. The second-order valence-corrected chi connectivity index (χ2v) is 4.87. The van der Waals surface area contributed by atoms with Crippen LogP contribution in [0.2, 0.25) is 0 Å². The number of rotatable bonds is 3. The molecular formula is C15H14N2O3. The molecule has 0 fully saturated rings. The minimum absolute atomic E-state index is 0.0450. The lowest BCUT2D eigenvalue weighted by molar-refractivity contribution is 0.0660. The number of hydrogen-bond acceptors (Lipinski definition) is 3. The van der Waals surface area contributed by atoms with Crippen LogP contribution in [0.3, 0.4) is 0 Å². The van der Waals surface area contributed by atoms with Crippen molar-refractivity contribution >= 4 is 17.0 Å². The first-order valence-corrected chi connectivity index (χ1v) is 6.28. The predicted octanol–water partition coefficient (Wildman–Crippen LogP) is 2.99. The Labute approximate surface area is 115 Å². The molecule has 0 radical (unpaired) electrons. The second-order valence-electron chi connectivity index (χ2n) is 4.87. The minimum atomic E-state index is -1.06. The predicted molar refractivity (Wildman–Crippen MR) is 74.0 cm³/mol. The van der Waals surface area contributed by atoms with E-state index in [9.17, 15) is 4.79 Å². The smallest absolute Gasteiger partial charge is 0.371 e. The van der Waals surface area contributed by atoms with Crippen molar-refractivity contribution in [3.8, 4) is 0 Å². The third-order valence-corrected chi connectivity index (χ3v) is 3.44. The van der Waals surface area contributed by atoms with E-state index in [1.807, 2.05) is 10.6 Å². The SMILES string of the molecule is Cc1cc2ncn(Cc3ccc(C(=O)O)o3)c2cc1C. The number of carboxylic acid groups (broad SMARTS) is 1. The van der Waals surface area contributed by atoms with E-state index in [4.69, 9.17) is 9.52 Å². The highest BCUT2D eigenvalue weighted by atomic mass is 16.4. The van der Waals surface area contributed by atoms with Gasteiger partial charge in [-0.05, 0) is 49.2 Å². The molecule has 0 saturated carbocycles. The van der Waals surface area contributed by atoms with Crippen molar-refractivity contribution in [2.24, 2.45) is 0 Å². The van der Waals surface area contributed by atoms with Gasteiger partial charge in [0.05, 0.1) is 23.9 Å². The fourth-order valence-corrected chi connectivity index (χ4v) is 2.18. The molecule has 2 heterocycles. The van der Waals surface area contributed by atoms with E-state index in [1.165, 1.54) is 17.2 Å². The first-order chi connectivity index (χ1) is 9.54. The first-order valence-electron chi connectivity index (χ1n) is 6.28. The van der Waals surface area contributed by atoms with Gasteiger partial charge in [0.1, 0.15) is 5.76 Å². The third kappa shape index (κ3) is 2.07. The van der Waals surface area contributed by atoms with Crippen LogP contribution in [0.4, 0.5) is 0 Å². The van der Waals surface area contributed by atoms with Crippen molar-refractivity contribution in [3.05, 3.63) is 53.2 Å². The molecule has 1 N–H and O–H groups in total. The summed E-state index contributed by atoms with van der Waals surface area (Å²) in [7, 11) is 0. The van der Waals surface area contributed by atoms with E-state index in [0.29, 0.717) is 12.3 Å². The number of carbonyl (C=O) groups is 1. The van der Waals surface area contributed by atoms with E-state index in [-0.39, 0.29) is 5.76 Å². The van der Waals surface area contributed by atoms with Crippen LogP contribution in [-0.4, -0.2) is 20.6 Å². The summed E-state index contributed by atoms with van der Waals surface area (Å²) < 4.78 is 7.22. The lowest BCUT2D eigenvalue weighted by atomic mass is 10.1. The van der Waals surface area contributed by atoms with Gasteiger partial charge in [-0.15, -0.1) is 0 Å². The van der Waals surface area contributed by atoms with Crippen LogP contribution >= 0.6 is 0 Å². The molecule has 0 bridgehead atoms. The Morgan fingerprint density at radius 1 is 1.30 bits per heavy atom. The maximum atomic E-state index is 10.8. The number of aromatic carboxylic acids is 1. The number of furan rings is 1. The zero-order valence-corrected chi connectivity index (χ0v) is 11.3. The average Bonchev–Trinajstić information content (AvgIpc) is 3.00. The first kappa shape index (κ1) is 12.5. The molecule has 5 heteroatoms. The van der Waals surface area contributed by atoms with Gasteiger partial charge in [-0.1, -0.05) is 0 Å². The van der Waals surface area contributed by atoms with Crippen LogP contribution in [0.25, 0.3) is 11.0 Å². The highest BCUT2D eigenvalue weighted by molar-refractivity contribution is 5.84. The molecule has 0 saturated heterocycles. The molecule has 102 valence electrons. The molecule has 0 unspecified atom stereocenters. The fourth-order valence-electron chi connectivity index (χ4n) is 2.18. The summed E-state index contributed by atoms with van der Waals surface area (Å²) in [5, 5.41) is 8.85. The quantitative estimate of drug-likeness (QED) is 0.794. The molecule has 0 aliphatic rings. The van der Waals surface area contributed by atoms with Gasteiger partial charge in [-0.25, -0.2) is 9.78 Å². The van der Waals surface area contributed by atoms with E-state index in [0.717, 1.165) is 11.0 Å². The van der Waals surface area contributed by atoms with Crippen molar-refractivity contribution in [2.45, 2.75) is 20.4 Å². The Morgan fingerprint density at radius 2 is 2.05 bits per heavy atom. The Bertz CT molecular complexity index is 799. The number of hydrogen-bond donors (Lipinski definition) is 1. The number of benzene rings is 1. The Hall–Kier alpha value is -2.56. The summed E-state index contributed by atoms with van der Waals surface area (Å²) in [5.41, 5.74) is 4.35. The standard InChI is InChI=1S/C15H14N2O3/c1-9-5-12-13(6-10(9)2)17(8-16-12)7-11-3-4-14(20-11)15(18)19/h3-6,8H,7H2,1-2H3,(H,18,19). The van der Waals surface area contributed by atoms with Gasteiger partial charge < -0.3 is 14.1 Å². The molecule has 0 spiro atoms. The normalized spacial score (nSPS) is 11.1. The van der Waals surface area contributed by atoms with Crippen LogP contribution in [0, 0.1) is 13.8 Å². The largest absolute Gasteiger partial charge is 0.475 e. The topological polar surface area (TPSA) is 68.3 Å². The Balaban J connectivity index is 1.98. The van der Waals surface area contributed by atoms with Crippen molar-refractivity contribution < 1.29 is 14.3 Å². The van der Waals surface area contributed by atoms with Crippen LogP contribution in [0.15, 0.2) is 35.0 Å².